The van der Waals surface area contributed by atoms with Crippen LogP contribution in [0.15, 0.2) is 72.8 Å². The molecule has 4 aromatic carbocycles. The van der Waals surface area contributed by atoms with Gasteiger partial charge in [0.25, 0.3) is 0 Å². The minimum absolute atomic E-state index is 0.561. The minimum atomic E-state index is 0.561. The predicted molar refractivity (Wildman–Crippen MR) is 153 cm³/mol. The number of hydrogen-bond donors (Lipinski definition) is 0. The van der Waals surface area contributed by atoms with Crippen molar-refractivity contribution in [2.24, 2.45) is 0 Å². The maximum atomic E-state index is 10.1. The van der Waals surface area contributed by atoms with E-state index in [0.29, 0.717) is 26.2 Å². The molecule has 2 aromatic heterocycles. The van der Waals surface area contributed by atoms with Crippen molar-refractivity contribution in [3.8, 4) is 12.4 Å². The molecule has 6 nitrogen and oxygen atoms in total. The van der Waals surface area contributed by atoms with E-state index in [1.165, 1.54) is 43.6 Å². The van der Waals surface area contributed by atoms with Crippen molar-refractivity contribution in [3.05, 3.63) is 95.1 Å². The molecule has 0 saturated carbocycles. The number of benzene rings is 4. The highest BCUT2D eigenvalue weighted by molar-refractivity contribution is 6.09. The summed E-state index contributed by atoms with van der Waals surface area (Å²) in [7, 11) is 0. The van der Waals surface area contributed by atoms with Crippen LogP contribution in [0.25, 0.3) is 43.6 Å². The molecule has 0 saturated heterocycles. The number of nitrogens with zero attached hydrogens (tertiary/aromatic N) is 6. The molecule has 0 fully saturated rings. The number of rotatable bonds is 0. The zero-order valence-corrected chi connectivity index (χ0v) is 21.6. The van der Waals surface area contributed by atoms with Gasteiger partial charge < -0.3 is 18.9 Å². The predicted octanol–water partition coefficient (Wildman–Crippen LogP) is 6.59. The van der Waals surface area contributed by atoms with Crippen LogP contribution in [0.1, 0.15) is 28.7 Å². The van der Waals surface area contributed by atoms with E-state index in [2.05, 4.69) is 94.3 Å². The summed E-state index contributed by atoms with van der Waals surface area (Å²) >= 11 is 0. The van der Waals surface area contributed by atoms with Gasteiger partial charge in [0.1, 0.15) is 0 Å². The lowest BCUT2D eigenvalue weighted by molar-refractivity contribution is 0.379. The Morgan fingerprint density at radius 3 is 1.33 bits per heavy atom. The third-order valence-corrected chi connectivity index (χ3v) is 8.53. The Bertz CT molecular complexity index is 1910. The smallest absolute Gasteiger partial charge is 0.179 e. The summed E-state index contributed by atoms with van der Waals surface area (Å²) < 4.78 is 4.90. The van der Waals surface area contributed by atoms with Gasteiger partial charge in [-0.2, -0.15) is 10.5 Å². The molecule has 188 valence electrons. The first-order valence-corrected chi connectivity index (χ1v) is 13.6. The van der Waals surface area contributed by atoms with Gasteiger partial charge in [-0.1, -0.05) is 36.4 Å². The van der Waals surface area contributed by atoms with E-state index in [-0.39, 0.29) is 0 Å². The number of hydrogen-bond acceptors (Lipinski definition) is 4. The largest absolute Gasteiger partial charge is 0.340 e. The lowest BCUT2D eigenvalue weighted by atomic mass is 10.1. The topological polar surface area (TPSA) is 63.9 Å². The van der Waals surface area contributed by atoms with E-state index in [1.54, 1.807) is 0 Å². The molecule has 0 aliphatic carbocycles. The van der Waals surface area contributed by atoms with E-state index < -0.39 is 0 Å². The van der Waals surface area contributed by atoms with Gasteiger partial charge in [0.15, 0.2) is 12.4 Å². The lowest BCUT2D eigenvalue weighted by Crippen LogP contribution is -2.16. The highest BCUT2D eigenvalue weighted by Gasteiger charge is 2.18. The lowest BCUT2D eigenvalue weighted by Gasteiger charge is -2.16. The van der Waals surface area contributed by atoms with Gasteiger partial charge in [-0.05, 0) is 65.1 Å². The Balaban J connectivity index is 1.46. The third-order valence-electron chi connectivity index (χ3n) is 8.53. The molecule has 0 atom stereocenters. The van der Waals surface area contributed by atoms with Crippen LogP contribution in [0.3, 0.4) is 0 Å². The van der Waals surface area contributed by atoms with Gasteiger partial charge in [0.05, 0.1) is 26.2 Å². The second kappa shape index (κ2) is 8.28. The molecule has 6 heteroatoms. The Labute approximate surface area is 226 Å². The highest BCUT2D eigenvalue weighted by Crippen LogP contribution is 2.35. The normalized spacial score (nSPS) is 15.3. The molecular formula is C33H26N6. The third kappa shape index (κ3) is 3.39. The standard InChI is InChI=1S/C33H26N6/c34-20-36-16-22-4-8-30-28(12-22)29-13-23-5-9-31(29)38(30)10-1-11-39-32-14-24(18-36)2-6-26(32)27-7-3-25(15-33(27)39)19-37(17-23)21-35/h2-9,12-15H,1,10-11,16-19H2. The van der Waals surface area contributed by atoms with E-state index in [0.717, 1.165) is 41.8 Å². The van der Waals surface area contributed by atoms with Crippen LogP contribution < -0.4 is 0 Å². The van der Waals surface area contributed by atoms with Crippen molar-refractivity contribution < 1.29 is 0 Å². The van der Waals surface area contributed by atoms with E-state index in [4.69, 9.17) is 0 Å². The summed E-state index contributed by atoms with van der Waals surface area (Å²) in [6.07, 6.45) is 5.86. The zero-order chi connectivity index (χ0) is 26.1. The van der Waals surface area contributed by atoms with Crippen molar-refractivity contribution in [2.75, 3.05) is 0 Å². The fourth-order valence-electron chi connectivity index (χ4n) is 6.78. The molecule has 4 aliphatic heterocycles. The maximum absolute atomic E-state index is 10.1. The molecule has 39 heavy (non-hydrogen) atoms. The molecule has 6 aromatic rings. The minimum Gasteiger partial charge on any atom is -0.340 e. The second-order valence-corrected chi connectivity index (χ2v) is 11.0. The summed E-state index contributed by atoms with van der Waals surface area (Å²) in [5, 5.41) is 25.0. The molecule has 0 N–H and O–H groups in total. The van der Waals surface area contributed by atoms with E-state index >= 15 is 0 Å². The number of fused-ring (bicyclic) bond motifs is 7. The van der Waals surface area contributed by atoms with Gasteiger partial charge >= 0.3 is 0 Å². The van der Waals surface area contributed by atoms with Crippen LogP contribution in [0.4, 0.5) is 0 Å². The fraction of sp³-hybridized carbons (Fsp3) is 0.212. The number of aromatic nitrogens is 2. The van der Waals surface area contributed by atoms with Crippen LogP contribution in [-0.2, 0) is 39.3 Å². The van der Waals surface area contributed by atoms with Gasteiger partial charge in [-0.3, -0.25) is 0 Å². The van der Waals surface area contributed by atoms with Crippen molar-refractivity contribution in [3.63, 3.8) is 0 Å². The first-order chi connectivity index (χ1) is 19.2. The summed E-state index contributed by atoms with van der Waals surface area (Å²) in [5.41, 5.74) is 9.39. The van der Waals surface area contributed by atoms with Gasteiger partial charge in [0, 0.05) is 56.7 Å². The van der Waals surface area contributed by atoms with Crippen LogP contribution in [-0.4, -0.2) is 18.9 Å². The van der Waals surface area contributed by atoms with Gasteiger partial charge in [-0.15, -0.1) is 0 Å². The first kappa shape index (κ1) is 22.1. The Morgan fingerprint density at radius 2 is 0.872 bits per heavy atom. The maximum Gasteiger partial charge on any atom is 0.179 e. The van der Waals surface area contributed by atoms with Gasteiger partial charge in [-0.25, -0.2) is 0 Å². The molecule has 4 aliphatic rings. The molecular weight excluding hydrogens is 480 g/mol. The Kier molecular flexibility index (Phi) is 4.69. The van der Waals surface area contributed by atoms with Crippen LogP contribution in [0.2, 0.25) is 0 Å². The van der Waals surface area contributed by atoms with Crippen molar-refractivity contribution in [1.82, 2.24) is 18.9 Å². The summed E-state index contributed by atoms with van der Waals surface area (Å²) in [4.78, 5) is 3.69. The SMILES string of the molecule is N#CN1Cc2ccc3c(c2)c2cc4ccc2n3CCCn2c3cc(ccc3c3ccc(cc32)CN(C#N)C4)C1. The molecule has 0 radical (unpaired) electrons. The van der Waals surface area contributed by atoms with Crippen molar-refractivity contribution in [1.29, 1.82) is 10.5 Å². The average molecular weight is 507 g/mol. The van der Waals surface area contributed by atoms with Crippen LogP contribution in [0, 0.1) is 22.9 Å². The van der Waals surface area contributed by atoms with Gasteiger partial charge in [0.2, 0.25) is 0 Å². The molecule has 0 amide bonds. The molecule has 10 rings (SSSR count). The molecule has 0 spiro atoms. The number of nitriles is 2. The fourth-order valence-corrected chi connectivity index (χ4v) is 6.78. The highest BCUT2D eigenvalue weighted by atomic mass is 15.1. The first-order valence-electron chi connectivity index (χ1n) is 13.6. The Morgan fingerprint density at radius 1 is 0.462 bits per heavy atom. The summed E-state index contributed by atoms with van der Waals surface area (Å²) in [5.74, 6) is 0. The summed E-state index contributed by atoms with van der Waals surface area (Å²) in [6.45, 7) is 4.05. The quantitative estimate of drug-likeness (QED) is 0.218. The number of aryl methyl sites for hydroxylation is 2. The second-order valence-electron chi connectivity index (χ2n) is 11.0. The van der Waals surface area contributed by atoms with Crippen molar-refractivity contribution in [2.45, 2.75) is 45.7 Å². The van der Waals surface area contributed by atoms with Crippen LogP contribution >= 0.6 is 0 Å². The van der Waals surface area contributed by atoms with Crippen LogP contribution in [0.5, 0.6) is 0 Å². The molecule has 6 heterocycles. The summed E-state index contributed by atoms with van der Waals surface area (Å²) in [6, 6.07) is 26.6. The monoisotopic (exact) mass is 506 g/mol. The Hall–Kier alpha value is -4.94. The molecule has 12 bridgehead atoms. The van der Waals surface area contributed by atoms with Crippen molar-refractivity contribution >= 4 is 43.6 Å². The molecule has 0 unspecified atom stereocenters. The zero-order valence-electron chi connectivity index (χ0n) is 21.6. The van der Waals surface area contributed by atoms with E-state index in [1.807, 2.05) is 9.80 Å². The average Bonchev–Trinajstić information content (AvgIpc) is 3.42. The van der Waals surface area contributed by atoms with E-state index in [9.17, 15) is 10.5 Å².